The molecule has 1 amide bonds. The van der Waals surface area contributed by atoms with Gasteiger partial charge in [0.1, 0.15) is 5.75 Å². The lowest BCUT2D eigenvalue weighted by molar-refractivity contribution is -0.115. The average molecular weight is 338 g/mol. The number of nitrogens with zero attached hydrogens (tertiary/aromatic N) is 2. The van der Waals surface area contributed by atoms with Crippen LogP contribution in [0.25, 0.3) is 11.3 Å². The van der Waals surface area contributed by atoms with Crippen molar-refractivity contribution in [3.8, 4) is 17.0 Å². The number of carbonyl (C=O) groups excluding carboxylic acids is 1. The van der Waals surface area contributed by atoms with E-state index >= 15 is 0 Å². The van der Waals surface area contributed by atoms with Crippen LogP contribution in [0.4, 0.5) is 10.8 Å². The summed E-state index contributed by atoms with van der Waals surface area (Å²) in [6.45, 7) is 3.57. The minimum atomic E-state index is -0.0607. The van der Waals surface area contributed by atoms with Crippen molar-refractivity contribution in [2.24, 2.45) is 0 Å². The Morgan fingerprint density at radius 1 is 1.08 bits per heavy atom. The fourth-order valence-corrected chi connectivity index (χ4v) is 3.28. The van der Waals surface area contributed by atoms with Crippen LogP contribution in [0.1, 0.15) is 12.5 Å². The molecule has 0 atom stereocenters. The molecule has 0 N–H and O–H groups in total. The molecule has 0 bridgehead atoms. The van der Waals surface area contributed by atoms with Gasteiger partial charge in [0.05, 0.1) is 18.5 Å². The molecule has 0 spiro atoms. The molecule has 2 aromatic carbocycles. The first-order chi connectivity index (χ1) is 11.6. The predicted molar refractivity (Wildman–Crippen MR) is 98.1 cm³/mol. The van der Waals surface area contributed by atoms with Gasteiger partial charge in [-0.3, -0.25) is 9.69 Å². The number of methoxy groups -OCH3 is 1. The number of thiazole rings is 1. The van der Waals surface area contributed by atoms with Crippen molar-refractivity contribution in [3.05, 3.63) is 59.5 Å². The maximum absolute atomic E-state index is 12.1. The molecule has 0 aliphatic rings. The maximum Gasteiger partial charge on any atom is 0.230 e. The largest absolute Gasteiger partial charge is 0.497 e. The monoisotopic (exact) mass is 338 g/mol. The predicted octanol–water partition coefficient (Wildman–Crippen LogP) is 4.81. The Morgan fingerprint density at radius 2 is 1.75 bits per heavy atom. The summed E-state index contributed by atoms with van der Waals surface area (Å²) in [4.78, 5) is 18.4. The SMILES string of the molecule is COc1ccc(-c2csc(N(C(C)=O)c3ccc(C)cc3)n2)cc1. The van der Waals surface area contributed by atoms with Crippen LogP contribution in [0.3, 0.4) is 0 Å². The zero-order valence-corrected chi connectivity index (χ0v) is 14.6. The number of hydrogen-bond donors (Lipinski definition) is 0. The number of aryl methyl sites for hydroxylation is 1. The van der Waals surface area contributed by atoms with E-state index in [9.17, 15) is 4.79 Å². The summed E-state index contributed by atoms with van der Waals surface area (Å²) in [6.07, 6.45) is 0. The molecule has 0 saturated carbocycles. The molecule has 4 nitrogen and oxygen atoms in total. The van der Waals surface area contributed by atoms with Crippen molar-refractivity contribution in [1.29, 1.82) is 0 Å². The molecule has 0 aliphatic heterocycles. The van der Waals surface area contributed by atoms with Gasteiger partial charge in [-0.1, -0.05) is 17.7 Å². The van der Waals surface area contributed by atoms with Crippen LogP contribution in [0.5, 0.6) is 5.75 Å². The minimum Gasteiger partial charge on any atom is -0.497 e. The summed E-state index contributed by atoms with van der Waals surface area (Å²) in [7, 11) is 1.64. The van der Waals surface area contributed by atoms with Crippen molar-refractivity contribution < 1.29 is 9.53 Å². The third kappa shape index (κ3) is 3.31. The number of aromatic nitrogens is 1. The van der Waals surface area contributed by atoms with Crippen LogP contribution in [0, 0.1) is 6.92 Å². The van der Waals surface area contributed by atoms with Gasteiger partial charge in [0, 0.05) is 17.9 Å². The van der Waals surface area contributed by atoms with Gasteiger partial charge in [0.2, 0.25) is 5.91 Å². The van der Waals surface area contributed by atoms with Crippen LogP contribution in [0.15, 0.2) is 53.9 Å². The van der Waals surface area contributed by atoms with Gasteiger partial charge in [-0.25, -0.2) is 4.98 Å². The van der Waals surface area contributed by atoms with E-state index in [0.717, 1.165) is 28.3 Å². The maximum atomic E-state index is 12.1. The van der Waals surface area contributed by atoms with E-state index < -0.39 is 0 Å². The van der Waals surface area contributed by atoms with Gasteiger partial charge in [0.25, 0.3) is 0 Å². The van der Waals surface area contributed by atoms with Gasteiger partial charge >= 0.3 is 0 Å². The highest BCUT2D eigenvalue weighted by Crippen LogP contribution is 2.32. The molecule has 0 radical (unpaired) electrons. The van der Waals surface area contributed by atoms with E-state index in [1.165, 1.54) is 11.3 Å². The van der Waals surface area contributed by atoms with Crippen LogP contribution in [-0.2, 0) is 4.79 Å². The third-order valence-electron chi connectivity index (χ3n) is 3.68. The normalized spacial score (nSPS) is 10.5. The lowest BCUT2D eigenvalue weighted by Gasteiger charge is -2.18. The summed E-state index contributed by atoms with van der Waals surface area (Å²) in [6, 6.07) is 15.6. The lowest BCUT2D eigenvalue weighted by Crippen LogP contribution is -2.22. The Bertz CT molecular complexity index is 839. The highest BCUT2D eigenvalue weighted by molar-refractivity contribution is 7.14. The number of ether oxygens (including phenoxy) is 1. The van der Waals surface area contributed by atoms with E-state index in [2.05, 4.69) is 4.98 Å². The summed E-state index contributed by atoms with van der Waals surface area (Å²) in [5.41, 5.74) is 3.81. The first-order valence-electron chi connectivity index (χ1n) is 7.56. The Labute approximate surface area is 145 Å². The van der Waals surface area contributed by atoms with Crippen molar-refractivity contribution in [3.63, 3.8) is 0 Å². The van der Waals surface area contributed by atoms with Gasteiger partial charge in [-0.05, 0) is 43.3 Å². The fourth-order valence-electron chi connectivity index (χ4n) is 2.38. The van der Waals surface area contributed by atoms with Crippen molar-refractivity contribution in [1.82, 2.24) is 4.98 Å². The highest BCUT2D eigenvalue weighted by atomic mass is 32.1. The molecule has 3 aromatic rings. The molecule has 0 unspecified atom stereocenters. The van der Waals surface area contributed by atoms with Crippen LogP contribution < -0.4 is 9.64 Å². The zero-order chi connectivity index (χ0) is 17.1. The number of carbonyl (C=O) groups is 1. The van der Waals surface area contributed by atoms with Crippen molar-refractivity contribution in [2.75, 3.05) is 12.0 Å². The van der Waals surface area contributed by atoms with E-state index in [1.807, 2.05) is 60.8 Å². The molecule has 5 heteroatoms. The molecule has 1 aromatic heterocycles. The van der Waals surface area contributed by atoms with Gasteiger partial charge < -0.3 is 4.74 Å². The minimum absolute atomic E-state index is 0.0607. The lowest BCUT2D eigenvalue weighted by atomic mass is 10.2. The summed E-state index contributed by atoms with van der Waals surface area (Å²) >= 11 is 1.45. The average Bonchev–Trinajstić information content (AvgIpc) is 3.06. The van der Waals surface area contributed by atoms with Crippen LogP contribution in [-0.4, -0.2) is 18.0 Å². The molecule has 1 heterocycles. The zero-order valence-electron chi connectivity index (χ0n) is 13.8. The van der Waals surface area contributed by atoms with Crippen molar-refractivity contribution in [2.45, 2.75) is 13.8 Å². The van der Waals surface area contributed by atoms with Crippen LogP contribution in [0.2, 0.25) is 0 Å². The van der Waals surface area contributed by atoms with Crippen molar-refractivity contribution >= 4 is 28.1 Å². The van der Waals surface area contributed by atoms with Crippen LogP contribution >= 0.6 is 11.3 Å². The second-order valence-electron chi connectivity index (χ2n) is 5.43. The standard InChI is InChI=1S/C19H18N2O2S/c1-13-4-8-16(9-5-13)21(14(2)22)19-20-18(12-24-19)15-6-10-17(23-3)11-7-15/h4-12H,1-3H3. The number of hydrogen-bond acceptors (Lipinski definition) is 4. The van der Waals surface area contributed by atoms with E-state index in [0.29, 0.717) is 5.13 Å². The molecule has 3 rings (SSSR count). The Kier molecular flexibility index (Phi) is 4.62. The first-order valence-corrected chi connectivity index (χ1v) is 8.44. The topological polar surface area (TPSA) is 42.4 Å². The number of benzene rings is 2. The van der Waals surface area contributed by atoms with Gasteiger partial charge in [-0.15, -0.1) is 11.3 Å². The number of rotatable bonds is 4. The Morgan fingerprint density at radius 3 is 2.33 bits per heavy atom. The molecular formula is C19H18N2O2S. The first kappa shape index (κ1) is 16.2. The van der Waals surface area contributed by atoms with Gasteiger partial charge in [0.15, 0.2) is 5.13 Å². The molecule has 122 valence electrons. The van der Waals surface area contributed by atoms with Gasteiger partial charge in [-0.2, -0.15) is 0 Å². The van der Waals surface area contributed by atoms with E-state index in [4.69, 9.17) is 4.74 Å². The summed E-state index contributed by atoms with van der Waals surface area (Å²) < 4.78 is 5.18. The Hall–Kier alpha value is -2.66. The third-order valence-corrected chi connectivity index (χ3v) is 4.50. The second kappa shape index (κ2) is 6.84. The summed E-state index contributed by atoms with van der Waals surface area (Å²) in [5.74, 6) is 0.744. The molecule has 0 saturated heterocycles. The fraction of sp³-hybridized carbons (Fsp3) is 0.158. The molecule has 24 heavy (non-hydrogen) atoms. The quantitative estimate of drug-likeness (QED) is 0.685. The Balaban J connectivity index is 1.94. The highest BCUT2D eigenvalue weighted by Gasteiger charge is 2.18. The van der Waals surface area contributed by atoms with E-state index in [-0.39, 0.29) is 5.91 Å². The second-order valence-corrected chi connectivity index (χ2v) is 6.27. The smallest absolute Gasteiger partial charge is 0.230 e. The van der Waals surface area contributed by atoms with E-state index in [1.54, 1.807) is 18.9 Å². The molecule has 0 fully saturated rings. The summed E-state index contributed by atoms with van der Waals surface area (Å²) in [5, 5.41) is 2.62. The molecular weight excluding hydrogens is 320 g/mol. The number of anilines is 2. The molecule has 0 aliphatic carbocycles. The number of amides is 1.